The van der Waals surface area contributed by atoms with Crippen LogP contribution in [-0.4, -0.2) is 140 Å². The largest absolute Gasteiger partial charge is 0.508 e. The monoisotopic (exact) mass is 1140 g/mol. The molecule has 0 aliphatic heterocycles. The number of aliphatic carboxylic acids is 1. The number of amides is 7. The number of hydrogen-bond donors (Lipinski definition) is 10. The van der Waals surface area contributed by atoms with Crippen molar-refractivity contribution >= 4 is 59.3 Å². The van der Waals surface area contributed by atoms with Crippen LogP contribution in [0, 0.1) is 0 Å². The summed E-state index contributed by atoms with van der Waals surface area (Å²) in [6.45, 7) is 1.93. The molecule has 0 radical (unpaired) electrons. The fraction of sp³-hybridized carbons (Fsp3) is 0.467. The first-order valence-electron chi connectivity index (χ1n) is 27.6. The Morgan fingerprint density at radius 1 is 0.568 bits per heavy atom. The van der Waals surface area contributed by atoms with Gasteiger partial charge in [0, 0.05) is 25.9 Å². The second-order valence-electron chi connectivity index (χ2n) is 18.5. The molecule has 444 valence electrons. The number of hydrogen-bond acceptors (Lipinski definition) is 13. The van der Waals surface area contributed by atoms with Crippen LogP contribution in [-0.2, 0) is 55.9 Å². The molecular formula is C60H86N8O12S. The van der Waals surface area contributed by atoms with E-state index in [-0.39, 0.29) is 63.7 Å². The third-order valence-corrected chi connectivity index (χ3v) is 12.4. The number of nitrogens with one attached hydrogen (secondary N) is 7. The Morgan fingerprint density at radius 2 is 1.15 bits per heavy atom. The zero-order chi connectivity index (χ0) is 59.1. The number of ether oxygens (including phenoxy) is 2. The van der Waals surface area contributed by atoms with E-state index in [1.54, 1.807) is 48.7 Å². The molecule has 21 heteroatoms. The van der Waals surface area contributed by atoms with Crippen LogP contribution in [0.15, 0.2) is 128 Å². The van der Waals surface area contributed by atoms with Crippen molar-refractivity contribution in [3.05, 3.63) is 139 Å². The maximum absolute atomic E-state index is 13.8. The lowest BCUT2D eigenvalue weighted by Gasteiger charge is -2.25. The van der Waals surface area contributed by atoms with Crippen molar-refractivity contribution in [1.29, 1.82) is 0 Å². The molecule has 4 atom stereocenters. The summed E-state index contributed by atoms with van der Waals surface area (Å²) in [5.41, 5.74) is 7.35. The van der Waals surface area contributed by atoms with Gasteiger partial charge in [-0.2, -0.15) is 11.8 Å². The van der Waals surface area contributed by atoms with Crippen molar-refractivity contribution in [2.24, 2.45) is 5.73 Å². The maximum atomic E-state index is 13.8. The van der Waals surface area contributed by atoms with Gasteiger partial charge in [-0.25, -0.2) is 9.59 Å². The molecule has 7 amide bonds. The van der Waals surface area contributed by atoms with Crippen LogP contribution in [0.5, 0.6) is 5.75 Å². The normalized spacial score (nSPS) is 13.1. The van der Waals surface area contributed by atoms with Crippen molar-refractivity contribution in [3.63, 3.8) is 0 Å². The van der Waals surface area contributed by atoms with Gasteiger partial charge in [0.2, 0.25) is 35.4 Å². The predicted octanol–water partition coefficient (Wildman–Crippen LogP) is 5.54. The lowest BCUT2D eigenvalue weighted by Crippen LogP contribution is -2.57. The highest BCUT2D eigenvalue weighted by Crippen LogP contribution is 2.12. The number of aromatic hydroxyl groups is 1. The molecule has 2 rings (SSSR count). The number of phenolic OH excluding ortho intramolecular Hbond substituents is 1. The minimum Gasteiger partial charge on any atom is -0.508 e. The van der Waals surface area contributed by atoms with Crippen LogP contribution in [0.1, 0.15) is 95.1 Å². The molecule has 0 aliphatic rings. The molecule has 0 aliphatic carbocycles. The summed E-state index contributed by atoms with van der Waals surface area (Å²) in [5, 5.41) is 37.4. The molecule has 0 saturated heterocycles. The van der Waals surface area contributed by atoms with E-state index in [0.717, 1.165) is 38.5 Å². The van der Waals surface area contributed by atoms with Gasteiger partial charge in [-0.15, -0.1) is 0 Å². The fourth-order valence-electron chi connectivity index (χ4n) is 7.34. The van der Waals surface area contributed by atoms with Crippen LogP contribution in [0.2, 0.25) is 0 Å². The smallest absolute Gasteiger partial charge is 0.407 e. The number of carbonyl (C=O) groups excluding carboxylic acids is 7. The summed E-state index contributed by atoms with van der Waals surface area (Å²) >= 11 is 1.41. The van der Waals surface area contributed by atoms with Crippen molar-refractivity contribution in [3.8, 4) is 5.75 Å². The van der Waals surface area contributed by atoms with E-state index in [1.165, 1.54) is 23.9 Å². The summed E-state index contributed by atoms with van der Waals surface area (Å²) in [6, 6.07) is 10.2. The standard InChI is InChI=1S/C60H86N8O12S/c1-3-4-5-6-7-8-9-10-11-12-13-14-15-16-17-18-19-20-24-30-53(70)62-37-38-79-39-40-80-60(78)63-36-26-25-29-51(59(76)77)68-57(74)50(35-41-81-2)67-58(75)52(43-46-27-22-21-23-28-46)66-55(72)45-64-54(71)44-65-56(73)49(61)42-47-31-33-48(69)34-32-47/h4-5,7-8,10-11,13-14,16-17,19-23,27-28,31-34,49-52,69H,3,6,9,12,15,18,24-26,29-30,35-45,61H2,1-2H3,(H,62,70)(H,63,78)(H,64,71)(H,65,73)(H,66,72)(H,67,75)(H,68,74)(H,76,77)/b5-4+,8-7+,11-10+,14-13+,17-16+,20-19+/t49-,50-,51-,52-/m0/s1. The fourth-order valence-corrected chi connectivity index (χ4v) is 7.82. The Labute approximate surface area is 481 Å². The van der Waals surface area contributed by atoms with Gasteiger partial charge in [0.1, 0.15) is 30.5 Å². The number of unbranched alkanes of at least 4 members (excludes halogenated alkanes) is 1. The molecule has 11 N–H and O–H groups in total. The number of carboxylic acids is 1. The van der Waals surface area contributed by atoms with Gasteiger partial charge in [-0.3, -0.25) is 28.8 Å². The molecule has 81 heavy (non-hydrogen) atoms. The van der Waals surface area contributed by atoms with E-state index >= 15 is 0 Å². The molecule has 20 nitrogen and oxygen atoms in total. The second-order valence-corrected chi connectivity index (χ2v) is 19.5. The van der Waals surface area contributed by atoms with Crippen LogP contribution in [0.4, 0.5) is 4.79 Å². The topological polar surface area (TPSA) is 306 Å². The van der Waals surface area contributed by atoms with Crippen LogP contribution in [0.3, 0.4) is 0 Å². The molecule has 0 saturated carbocycles. The van der Waals surface area contributed by atoms with Crippen molar-refractivity contribution in [2.45, 2.75) is 121 Å². The van der Waals surface area contributed by atoms with E-state index < -0.39 is 78.9 Å². The van der Waals surface area contributed by atoms with E-state index in [0.29, 0.717) is 49.1 Å². The average molecular weight is 1140 g/mol. The number of carbonyl (C=O) groups is 8. The van der Waals surface area contributed by atoms with Crippen molar-refractivity contribution in [1.82, 2.24) is 37.2 Å². The first kappa shape index (κ1) is 69.6. The minimum absolute atomic E-state index is 0.0138. The maximum Gasteiger partial charge on any atom is 0.407 e. The molecule has 0 fully saturated rings. The summed E-state index contributed by atoms with van der Waals surface area (Å²) in [6.07, 6.45) is 34.3. The summed E-state index contributed by atoms with van der Waals surface area (Å²) in [7, 11) is 0. The molecule has 0 aromatic heterocycles. The molecule has 0 unspecified atom stereocenters. The van der Waals surface area contributed by atoms with Gasteiger partial charge in [0.05, 0.1) is 32.3 Å². The van der Waals surface area contributed by atoms with Crippen LogP contribution < -0.4 is 43.0 Å². The summed E-state index contributed by atoms with van der Waals surface area (Å²) < 4.78 is 10.6. The second kappa shape index (κ2) is 45.3. The van der Waals surface area contributed by atoms with E-state index in [4.69, 9.17) is 15.2 Å². The predicted molar refractivity (Wildman–Crippen MR) is 317 cm³/mol. The van der Waals surface area contributed by atoms with E-state index in [1.807, 2.05) is 12.2 Å². The van der Waals surface area contributed by atoms with Crippen LogP contribution in [0.25, 0.3) is 0 Å². The third-order valence-electron chi connectivity index (χ3n) is 11.7. The number of thioether (sulfide) groups is 1. The highest BCUT2D eigenvalue weighted by atomic mass is 32.2. The lowest BCUT2D eigenvalue weighted by molar-refractivity contribution is -0.142. The van der Waals surface area contributed by atoms with Gasteiger partial charge in [0.15, 0.2) is 0 Å². The highest BCUT2D eigenvalue weighted by Gasteiger charge is 2.30. The number of allylic oxidation sites excluding steroid dienone is 12. The highest BCUT2D eigenvalue weighted by molar-refractivity contribution is 7.98. The Hall–Kier alpha value is -7.49. The number of nitrogens with two attached hydrogens (primary N) is 1. The zero-order valence-corrected chi connectivity index (χ0v) is 47.8. The molecule has 0 heterocycles. The lowest BCUT2D eigenvalue weighted by atomic mass is 10.0. The zero-order valence-electron chi connectivity index (χ0n) is 47.0. The van der Waals surface area contributed by atoms with Gasteiger partial charge in [0.25, 0.3) is 0 Å². The van der Waals surface area contributed by atoms with Gasteiger partial charge >= 0.3 is 12.1 Å². The summed E-state index contributed by atoms with van der Waals surface area (Å²) in [5.74, 6) is -4.40. The Morgan fingerprint density at radius 3 is 1.77 bits per heavy atom. The van der Waals surface area contributed by atoms with Crippen molar-refractivity contribution < 1.29 is 58.0 Å². The first-order chi connectivity index (χ1) is 39.2. The van der Waals surface area contributed by atoms with Gasteiger partial charge in [-0.1, -0.05) is 122 Å². The molecule has 0 spiro atoms. The molecule has 2 aromatic rings. The third kappa shape index (κ3) is 36.4. The minimum atomic E-state index is -1.31. The number of rotatable bonds is 43. The number of alkyl carbamates (subject to hydrolysis) is 1. The van der Waals surface area contributed by atoms with E-state index in [9.17, 15) is 48.6 Å². The number of carboxylic acid groups (broad SMARTS) is 1. The van der Waals surface area contributed by atoms with Gasteiger partial charge in [-0.05, 0) is 112 Å². The van der Waals surface area contributed by atoms with Crippen molar-refractivity contribution in [2.75, 3.05) is 58.0 Å². The SMILES string of the molecule is CC/C=C/C/C=C/C/C=C/C/C=C/C/C=C/C/C=C/CCC(=O)NCCOCCOC(=O)NCCCC[C@H](NC(=O)[C@H](CCSC)NC(=O)[C@H](Cc1ccccc1)NC(=O)CNC(=O)CNC(=O)[C@@H](N)Cc1ccc(O)cc1)C(=O)O. The summed E-state index contributed by atoms with van der Waals surface area (Å²) in [4.78, 5) is 102. The molecule has 2 aromatic carbocycles. The molecular weight excluding hydrogens is 1060 g/mol. The number of benzene rings is 2. The molecule has 0 bridgehead atoms. The number of phenols is 1. The quantitative estimate of drug-likeness (QED) is 0.0288. The average Bonchev–Trinajstić information content (AvgIpc) is 3.46. The Kier molecular flexibility index (Phi) is 38.9. The van der Waals surface area contributed by atoms with E-state index in [2.05, 4.69) is 105 Å². The Bertz CT molecular complexity index is 2360. The van der Waals surface area contributed by atoms with Crippen LogP contribution >= 0.6 is 11.8 Å². The first-order valence-corrected chi connectivity index (χ1v) is 29.0. The van der Waals surface area contributed by atoms with Gasteiger partial charge < -0.3 is 62.6 Å². The Balaban J connectivity index is 1.67.